The number of hydrogen-bond acceptors (Lipinski definition) is 3. The Bertz CT molecular complexity index is 866. The maximum absolute atomic E-state index is 12.5. The standard InChI is InChI=1S/C19H20N2O3/c1-12-16-10-15(24-3)8-9-17(16)21-18(12)19(22)20-11-13-4-6-14(23-2)7-5-13/h4-10,21H,11H2,1-3H3,(H,20,22). The minimum absolute atomic E-state index is 0.126. The minimum atomic E-state index is -0.126. The molecule has 0 atom stereocenters. The second kappa shape index (κ2) is 6.66. The number of aromatic nitrogens is 1. The van der Waals surface area contributed by atoms with E-state index in [-0.39, 0.29) is 5.91 Å². The van der Waals surface area contributed by atoms with Gasteiger partial charge in [-0.25, -0.2) is 0 Å². The van der Waals surface area contributed by atoms with Crippen LogP contribution in [0.1, 0.15) is 21.6 Å². The molecular formula is C19H20N2O3. The van der Waals surface area contributed by atoms with Gasteiger partial charge in [-0.05, 0) is 48.4 Å². The van der Waals surface area contributed by atoms with E-state index in [0.29, 0.717) is 12.2 Å². The Morgan fingerprint density at radius 2 is 1.71 bits per heavy atom. The molecule has 124 valence electrons. The molecule has 0 aliphatic rings. The summed E-state index contributed by atoms with van der Waals surface area (Å²) in [5.41, 5.74) is 3.42. The number of aromatic amines is 1. The molecule has 2 aromatic carbocycles. The van der Waals surface area contributed by atoms with E-state index in [4.69, 9.17) is 9.47 Å². The Labute approximate surface area is 140 Å². The van der Waals surface area contributed by atoms with E-state index in [2.05, 4.69) is 10.3 Å². The van der Waals surface area contributed by atoms with E-state index in [1.54, 1.807) is 14.2 Å². The third-order valence-electron chi connectivity index (χ3n) is 4.10. The molecule has 0 unspecified atom stereocenters. The molecule has 1 heterocycles. The maximum Gasteiger partial charge on any atom is 0.268 e. The van der Waals surface area contributed by atoms with Gasteiger partial charge in [0.05, 0.1) is 14.2 Å². The van der Waals surface area contributed by atoms with Gasteiger partial charge in [0.25, 0.3) is 5.91 Å². The Morgan fingerprint density at radius 3 is 2.38 bits per heavy atom. The number of methoxy groups -OCH3 is 2. The molecule has 0 aliphatic carbocycles. The fourth-order valence-corrected chi connectivity index (χ4v) is 2.67. The lowest BCUT2D eigenvalue weighted by molar-refractivity contribution is 0.0946. The third kappa shape index (κ3) is 3.06. The number of amides is 1. The molecule has 24 heavy (non-hydrogen) atoms. The number of rotatable bonds is 5. The van der Waals surface area contributed by atoms with Gasteiger partial charge in [-0.3, -0.25) is 4.79 Å². The van der Waals surface area contributed by atoms with Gasteiger partial charge < -0.3 is 19.8 Å². The molecule has 3 rings (SSSR count). The summed E-state index contributed by atoms with van der Waals surface area (Å²) in [6.45, 7) is 2.39. The number of benzene rings is 2. The van der Waals surface area contributed by atoms with Crippen molar-refractivity contribution in [3.8, 4) is 11.5 Å². The van der Waals surface area contributed by atoms with Gasteiger partial charge in [0, 0.05) is 17.4 Å². The van der Waals surface area contributed by atoms with Gasteiger partial charge in [0.1, 0.15) is 17.2 Å². The Balaban J connectivity index is 1.76. The Hall–Kier alpha value is -2.95. The van der Waals surface area contributed by atoms with Crippen molar-refractivity contribution in [3.63, 3.8) is 0 Å². The molecule has 1 aromatic heterocycles. The highest BCUT2D eigenvalue weighted by atomic mass is 16.5. The largest absolute Gasteiger partial charge is 0.497 e. The number of hydrogen-bond donors (Lipinski definition) is 2. The second-order valence-electron chi connectivity index (χ2n) is 5.57. The molecule has 2 N–H and O–H groups in total. The number of carbonyl (C=O) groups is 1. The van der Waals surface area contributed by atoms with E-state index in [0.717, 1.165) is 33.5 Å². The lowest BCUT2D eigenvalue weighted by atomic mass is 10.1. The molecule has 5 nitrogen and oxygen atoms in total. The Morgan fingerprint density at radius 1 is 1.04 bits per heavy atom. The number of H-pyrrole nitrogens is 1. The maximum atomic E-state index is 12.5. The first-order chi connectivity index (χ1) is 11.6. The summed E-state index contributed by atoms with van der Waals surface area (Å²) in [5.74, 6) is 1.44. The first kappa shape index (κ1) is 15.9. The van der Waals surface area contributed by atoms with Crippen LogP contribution < -0.4 is 14.8 Å². The summed E-state index contributed by atoms with van der Waals surface area (Å²) >= 11 is 0. The third-order valence-corrected chi connectivity index (χ3v) is 4.10. The van der Waals surface area contributed by atoms with Crippen molar-refractivity contribution in [3.05, 3.63) is 59.3 Å². The summed E-state index contributed by atoms with van der Waals surface area (Å²) in [6, 6.07) is 13.3. The lowest BCUT2D eigenvalue weighted by Crippen LogP contribution is -2.23. The number of nitrogens with one attached hydrogen (secondary N) is 2. The second-order valence-corrected chi connectivity index (χ2v) is 5.57. The van der Waals surface area contributed by atoms with E-state index >= 15 is 0 Å². The monoisotopic (exact) mass is 324 g/mol. The summed E-state index contributed by atoms with van der Waals surface area (Å²) in [4.78, 5) is 15.7. The van der Waals surface area contributed by atoms with Crippen molar-refractivity contribution >= 4 is 16.8 Å². The highest BCUT2D eigenvalue weighted by Gasteiger charge is 2.15. The molecule has 0 spiro atoms. The molecule has 0 aliphatic heterocycles. The summed E-state index contributed by atoms with van der Waals surface area (Å²) in [6.07, 6.45) is 0. The topological polar surface area (TPSA) is 63.3 Å². The van der Waals surface area contributed by atoms with Crippen LogP contribution in [0.25, 0.3) is 10.9 Å². The minimum Gasteiger partial charge on any atom is -0.497 e. The first-order valence-electron chi connectivity index (χ1n) is 7.70. The van der Waals surface area contributed by atoms with Crippen LogP contribution >= 0.6 is 0 Å². The van der Waals surface area contributed by atoms with Crippen molar-refractivity contribution < 1.29 is 14.3 Å². The SMILES string of the molecule is COc1ccc(CNC(=O)c2[nH]c3ccc(OC)cc3c2C)cc1. The van der Waals surface area contributed by atoms with Crippen LogP contribution in [0.5, 0.6) is 11.5 Å². The number of ether oxygens (including phenoxy) is 2. The predicted molar refractivity (Wildman–Crippen MR) is 93.8 cm³/mol. The summed E-state index contributed by atoms with van der Waals surface area (Å²) < 4.78 is 10.4. The first-order valence-corrected chi connectivity index (χ1v) is 7.70. The van der Waals surface area contributed by atoms with Crippen LogP contribution in [-0.4, -0.2) is 25.1 Å². The van der Waals surface area contributed by atoms with Gasteiger partial charge in [-0.15, -0.1) is 0 Å². The van der Waals surface area contributed by atoms with Crippen molar-refractivity contribution in [2.75, 3.05) is 14.2 Å². The summed E-state index contributed by atoms with van der Waals surface area (Å²) in [5, 5.41) is 3.93. The average Bonchev–Trinajstić information content (AvgIpc) is 2.96. The van der Waals surface area contributed by atoms with E-state index in [1.807, 2.05) is 49.4 Å². The van der Waals surface area contributed by atoms with Gasteiger partial charge in [0.2, 0.25) is 0 Å². The zero-order valence-electron chi connectivity index (χ0n) is 14.0. The average molecular weight is 324 g/mol. The molecule has 0 saturated carbocycles. The highest BCUT2D eigenvalue weighted by Crippen LogP contribution is 2.26. The summed E-state index contributed by atoms with van der Waals surface area (Å²) in [7, 11) is 3.26. The zero-order valence-corrected chi connectivity index (χ0v) is 14.0. The van der Waals surface area contributed by atoms with E-state index < -0.39 is 0 Å². The number of carbonyl (C=O) groups excluding carboxylic acids is 1. The normalized spacial score (nSPS) is 10.6. The number of aryl methyl sites for hydroxylation is 1. The highest BCUT2D eigenvalue weighted by molar-refractivity contribution is 6.01. The van der Waals surface area contributed by atoms with Gasteiger partial charge in [-0.2, -0.15) is 0 Å². The van der Waals surface area contributed by atoms with Gasteiger partial charge in [0.15, 0.2) is 0 Å². The van der Waals surface area contributed by atoms with Crippen LogP contribution in [0.2, 0.25) is 0 Å². The van der Waals surface area contributed by atoms with Crippen molar-refractivity contribution in [2.24, 2.45) is 0 Å². The van der Waals surface area contributed by atoms with Gasteiger partial charge in [-0.1, -0.05) is 12.1 Å². The predicted octanol–water partition coefficient (Wildman–Crippen LogP) is 3.42. The fraction of sp³-hybridized carbons (Fsp3) is 0.211. The molecule has 0 radical (unpaired) electrons. The fourth-order valence-electron chi connectivity index (χ4n) is 2.67. The molecule has 1 amide bonds. The zero-order chi connectivity index (χ0) is 17.1. The molecule has 5 heteroatoms. The molecule has 0 fully saturated rings. The van der Waals surface area contributed by atoms with Crippen LogP contribution in [-0.2, 0) is 6.54 Å². The van der Waals surface area contributed by atoms with Crippen molar-refractivity contribution in [2.45, 2.75) is 13.5 Å². The molecule has 0 saturated heterocycles. The van der Waals surface area contributed by atoms with Crippen LogP contribution in [0, 0.1) is 6.92 Å². The molecular weight excluding hydrogens is 304 g/mol. The van der Waals surface area contributed by atoms with Crippen molar-refractivity contribution in [1.82, 2.24) is 10.3 Å². The quantitative estimate of drug-likeness (QED) is 0.756. The Kier molecular flexibility index (Phi) is 4.42. The smallest absolute Gasteiger partial charge is 0.268 e. The molecule has 0 bridgehead atoms. The van der Waals surface area contributed by atoms with E-state index in [1.165, 1.54) is 0 Å². The van der Waals surface area contributed by atoms with Gasteiger partial charge >= 0.3 is 0 Å². The van der Waals surface area contributed by atoms with Crippen LogP contribution in [0.15, 0.2) is 42.5 Å². The van der Waals surface area contributed by atoms with Crippen LogP contribution in [0.3, 0.4) is 0 Å². The number of fused-ring (bicyclic) bond motifs is 1. The van der Waals surface area contributed by atoms with Crippen molar-refractivity contribution in [1.29, 1.82) is 0 Å². The van der Waals surface area contributed by atoms with Crippen LogP contribution in [0.4, 0.5) is 0 Å². The molecule has 3 aromatic rings. The van der Waals surface area contributed by atoms with E-state index in [9.17, 15) is 4.79 Å². The lowest BCUT2D eigenvalue weighted by Gasteiger charge is -2.06.